The van der Waals surface area contributed by atoms with Crippen LogP contribution < -0.4 is 9.47 Å². The molecule has 1 aromatic rings. The summed E-state index contributed by atoms with van der Waals surface area (Å²) in [5.74, 6) is -0.182. The zero-order chi connectivity index (χ0) is 22.7. The fourth-order valence-electron chi connectivity index (χ4n) is 3.51. The molecule has 1 saturated heterocycles. The number of carbonyl (C=O) groups is 2. The Balaban J connectivity index is 1.90. The summed E-state index contributed by atoms with van der Waals surface area (Å²) in [7, 11) is 0. The van der Waals surface area contributed by atoms with E-state index in [1.807, 2.05) is 0 Å². The van der Waals surface area contributed by atoms with E-state index in [-0.39, 0.29) is 17.8 Å². The monoisotopic (exact) mass is 432 g/mol. The number of ether oxygens (including phenoxy) is 2. The molecule has 0 aliphatic carbocycles. The Morgan fingerprint density at radius 1 is 1.10 bits per heavy atom. The van der Waals surface area contributed by atoms with E-state index in [4.69, 9.17) is 4.74 Å². The van der Waals surface area contributed by atoms with E-state index in [0.717, 1.165) is 4.90 Å². The van der Waals surface area contributed by atoms with Crippen molar-refractivity contribution in [3.05, 3.63) is 24.3 Å². The molecular formula is C20H27F3N2O5. The summed E-state index contributed by atoms with van der Waals surface area (Å²) in [5.41, 5.74) is -0.718. The predicted molar refractivity (Wildman–Crippen MR) is 102 cm³/mol. The zero-order valence-electron chi connectivity index (χ0n) is 17.4. The van der Waals surface area contributed by atoms with Crippen molar-refractivity contribution in [1.82, 2.24) is 9.80 Å². The normalized spacial score (nSPS) is 16.7. The number of amides is 2. The number of nitrogens with zero attached hydrogens (tertiary/aromatic N) is 2. The first-order chi connectivity index (χ1) is 13.8. The summed E-state index contributed by atoms with van der Waals surface area (Å²) in [6.45, 7) is 7.58. The van der Waals surface area contributed by atoms with Crippen molar-refractivity contribution in [2.45, 2.75) is 64.6 Å². The quantitative estimate of drug-likeness (QED) is 0.757. The number of likely N-dealkylation sites (tertiary alicyclic amines) is 1. The molecule has 0 bridgehead atoms. The van der Waals surface area contributed by atoms with Crippen molar-refractivity contribution in [2.75, 3.05) is 13.1 Å². The van der Waals surface area contributed by atoms with Crippen molar-refractivity contribution in [1.29, 1.82) is 0 Å². The van der Waals surface area contributed by atoms with Gasteiger partial charge in [0.1, 0.15) is 23.6 Å². The summed E-state index contributed by atoms with van der Waals surface area (Å²) < 4.78 is 46.2. The molecule has 1 aromatic carbocycles. The fourth-order valence-corrected chi connectivity index (χ4v) is 3.51. The van der Waals surface area contributed by atoms with Gasteiger partial charge in [-0.1, -0.05) is 0 Å². The van der Waals surface area contributed by atoms with Gasteiger partial charge in [-0.05, 0) is 52.0 Å². The van der Waals surface area contributed by atoms with Crippen LogP contribution in [0, 0.1) is 0 Å². The fraction of sp³-hybridized carbons (Fsp3) is 0.600. The summed E-state index contributed by atoms with van der Waals surface area (Å²) in [4.78, 5) is 27.1. The molecule has 2 amide bonds. The lowest BCUT2D eigenvalue weighted by Gasteiger charge is -2.40. The van der Waals surface area contributed by atoms with Gasteiger partial charge in [0.15, 0.2) is 0 Å². The standard InChI is InChI=1S/C20H27F3N2O5/c1-13(25(18(27)28)19(2,3)4)17(26)24-11-9-15(10-12-24)29-14-5-7-16(8-6-14)30-20(21,22)23/h5-8,13,15H,9-12H2,1-4H3,(H,27,28)/t13-/m0/s1. The first kappa shape index (κ1) is 23.6. The van der Waals surface area contributed by atoms with Crippen molar-refractivity contribution < 1.29 is 37.3 Å². The number of piperidine rings is 1. The maximum Gasteiger partial charge on any atom is 0.573 e. The molecule has 0 aromatic heterocycles. The van der Waals surface area contributed by atoms with Crippen LogP contribution in [0.1, 0.15) is 40.5 Å². The van der Waals surface area contributed by atoms with E-state index in [1.165, 1.54) is 24.3 Å². The molecule has 0 saturated carbocycles. The molecule has 0 radical (unpaired) electrons. The molecule has 1 fully saturated rings. The van der Waals surface area contributed by atoms with Crippen LogP contribution in [0.2, 0.25) is 0 Å². The van der Waals surface area contributed by atoms with E-state index in [1.54, 1.807) is 32.6 Å². The number of rotatable bonds is 5. The molecule has 30 heavy (non-hydrogen) atoms. The second-order valence-electron chi connectivity index (χ2n) is 8.16. The Morgan fingerprint density at radius 3 is 2.03 bits per heavy atom. The Kier molecular flexibility index (Phi) is 7.10. The number of benzene rings is 1. The van der Waals surface area contributed by atoms with E-state index in [9.17, 15) is 27.9 Å². The Hall–Kier alpha value is -2.65. The molecule has 1 N–H and O–H groups in total. The molecular weight excluding hydrogens is 405 g/mol. The highest BCUT2D eigenvalue weighted by Crippen LogP contribution is 2.27. The molecule has 1 atom stereocenters. The minimum Gasteiger partial charge on any atom is -0.490 e. The van der Waals surface area contributed by atoms with E-state index < -0.39 is 24.0 Å². The van der Waals surface area contributed by atoms with Crippen LogP contribution in [0.25, 0.3) is 0 Å². The van der Waals surface area contributed by atoms with Gasteiger partial charge >= 0.3 is 12.5 Å². The second kappa shape index (κ2) is 9.01. The highest BCUT2D eigenvalue weighted by molar-refractivity contribution is 5.85. The van der Waals surface area contributed by atoms with E-state index in [2.05, 4.69) is 4.74 Å². The first-order valence-corrected chi connectivity index (χ1v) is 9.61. The summed E-state index contributed by atoms with van der Waals surface area (Å²) in [6.07, 6.45) is -5.04. The molecule has 0 spiro atoms. The van der Waals surface area contributed by atoms with Crippen LogP contribution in [0.3, 0.4) is 0 Å². The molecule has 1 heterocycles. The smallest absolute Gasteiger partial charge is 0.490 e. The number of carbonyl (C=O) groups excluding carboxylic acids is 1. The first-order valence-electron chi connectivity index (χ1n) is 9.61. The van der Waals surface area contributed by atoms with Crippen LogP contribution in [0.4, 0.5) is 18.0 Å². The second-order valence-corrected chi connectivity index (χ2v) is 8.16. The topological polar surface area (TPSA) is 79.3 Å². The Labute approximate surface area is 173 Å². The zero-order valence-corrected chi connectivity index (χ0v) is 17.4. The van der Waals surface area contributed by atoms with Gasteiger partial charge in [0.25, 0.3) is 0 Å². The van der Waals surface area contributed by atoms with Gasteiger partial charge in [-0.25, -0.2) is 4.79 Å². The van der Waals surface area contributed by atoms with E-state index in [0.29, 0.717) is 31.7 Å². The number of hydrogen-bond acceptors (Lipinski definition) is 4. The number of alkyl halides is 3. The maximum atomic E-state index is 12.8. The van der Waals surface area contributed by atoms with Gasteiger partial charge in [0.05, 0.1) is 0 Å². The van der Waals surface area contributed by atoms with E-state index >= 15 is 0 Å². The Bertz CT molecular complexity index is 738. The predicted octanol–water partition coefficient (Wildman–Crippen LogP) is 4.12. The lowest BCUT2D eigenvalue weighted by atomic mass is 10.0. The molecule has 7 nitrogen and oxygen atoms in total. The van der Waals surface area contributed by atoms with Crippen LogP contribution in [-0.2, 0) is 4.79 Å². The van der Waals surface area contributed by atoms with Crippen molar-refractivity contribution in [2.24, 2.45) is 0 Å². The minimum absolute atomic E-state index is 0.197. The van der Waals surface area contributed by atoms with Crippen molar-refractivity contribution in [3.8, 4) is 11.5 Å². The number of halogens is 3. The van der Waals surface area contributed by atoms with Gasteiger partial charge in [-0.15, -0.1) is 13.2 Å². The SMILES string of the molecule is C[C@@H](C(=O)N1CCC(Oc2ccc(OC(F)(F)F)cc2)CC1)N(C(=O)O)C(C)(C)C. The van der Waals surface area contributed by atoms with Crippen LogP contribution in [0.5, 0.6) is 11.5 Å². The van der Waals surface area contributed by atoms with Crippen molar-refractivity contribution in [3.63, 3.8) is 0 Å². The maximum absolute atomic E-state index is 12.8. The molecule has 1 aliphatic rings. The third-order valence-corrected chi connectivity index (χ3v) is 4.79. The summed E-state index contributed by atoms with van der Waals surface area (Å²) in [6, 6.07) is 4.33. The summed E-state index contributed by atoms with van der Waals surface area (Å²) in [5, 5.41) is 9.48. The lowest BCUT2D eigenvalue weighted by molar-refractivity contribution is -0.274. The summed E-state index contributed by atoms with van der Waals surface area (Å²) >= 11 is 0. The van der Waals surface area contributed by atoms with Crippen molar-refractivity contribution >= 4 is 12.0 Å². The number of hydrogen-bond donors (Lipinski definition) is 1. The van der Waals surface area contributed by atoms with Crippen LogP contribution in [-0.4, -0.2) is 64.0 Å². The highest BCUT2D eigenvalue weighted by Gasteiger charge is 2.37. The molecule has 2 rings (SSSR count). The van der Waals surface area contributed by atoms with Crippen LogP contribution >= 0.6 is 0 Å². The number of carboxylic acid groups (broad SMARTS) is 1. The average Bonchev–Trinajstić information content (AvgIpc) is 2.60. The Morgan fingerprint density at radius 2 is 1.60 bits per heavy atom. The third-order valence-electron chi connectivity index (χ3n) is 4.79. The lowest BCUT2D eigenvalue weighted by Crippen LogP contribution is -2.57. The molecule has 0 unspecified atom stereocenters. The van der Waals surface area contributed by atoms with Gasteiger partial charge < -0.3 is 19.5 Å². The molecule has 168 valence electrons. The van der Waals surface area contributed by atoms with Gasteiger partial charge in [-0.2, -0.15) is 0 Å². The van der Waals surface area contributed by atoms with Gasteiger partial charge in [0.2, 0.25) is 5.91 Å². The van der Waals surface area contributed by atoms with Gasteiger partial charge in [-0.3, -0.25) is 9.69 Å². The third kappa shape index (κ3) is 6.43. The van der Waals surface area contributed by atoms with Crippen LogP contribution in [0.15, 0.2) is 24.3 Å². The largest absolute Gasteiger partial charge is 0.573 e. The minimum atomic E-state index is -4.75. The highest BCUT2D eigenvalue weighted by atomic mass is 19.4. The van der Waals surface area contributed by atoms with Gasteiger partial charge in [0, 0.05) is 31.5 Å². The average molecular weight is 432 g/mol. The molecule has 10 heteroatoms. The molecule has 1 aliphatic heterocycles.